The molecule has 0 aliphatic heterocycles. The zero-order valence-corrected chi connectivity index (χ0v) is 14.9. The minimum atomic E-state index is -4.70. The van der Waals surface area contributed by atoms with Crippen molar-refractivity contribution in [1.29, 1.82) is 0 Å². The first-order chi connectivity index (χ1) is 12.6. The fraction of sp³-hybridized carbons (Fsp3) is 0.412. The van der Waals surface area contributed by atoms with Gasteiger partial charge >= 0.3 is 12.8 Å². The maximum atomic E-state index is 13.0. The topological polar surface area (TPSA) is 39.4 Å². The molecule has 1 aliphatic carbocycles. The Balaban J connectivity index is 2.14. The van der Waals surface area contributed by atoms with Gasteiger partial charge in [-0.3, -0.25) is 4.99 Å². The maximum Gasteiger partial charge on any atom is 0.417 e. The molecule has 2 heterocycles. The number of alkyl halides is 5. The number of halogens is 6. The van der Waals surface area contributed by atoms with E-state index in [4.69, 9.17) is 11.6 Å². The molecule has 146 valence electrons. The lowest BCUT2D eigenvalue weighted by Crippen LogP contribution is -2.26. The van der Waals surface area contributed by atoms with Crippen molar-refractivity contribution in [2.75, 3.05) is 0 Å². The first kappa shape index (κ1) is 19.6. The summed E-state index contributed by atoms with van der Waals surface area (Å²) in [7, 11) is 1.30. The molecule has 1 unspecified atom stereocenters. The molecular weight excluding hydrogens is 393 g/mol. The zero-order valence-electron chi connectivity index (χ0n) is 14.1. The van der Waals surface area contributed by atoms with Crippen LogP contribution in [0.1, 0.15) is 35.6 Å². The molecule has 1 atom stereocenters. The maximum absolute atomic E-state index is 13.0. The molecular formula is C17H15ClF5N3O. The second-order valence-corrected chi connectivity index (χ2v) is 6.53. The average Bonchev–Trinajstić information content (AvgIpc) is 2.56. The predicted octanol–water partition coefficient (Wildman–Crippen LogP) is 4.67. The van der Waals surface area contributed by atoms with E-state index in [9.17, 15) is 22.0 Å². The second kappa shape index (κ2) is 7.46. The number of nitrogens with zero attached hydrogens (tertiary/aromatic N) is 3. The summed E-state index contributed by atoms with van der Waals surface area (Å²) < 4.78 is 69.9. The van der Waals surface area contributed by atoms with Gasteiger partial charge in [-0.25, -0.2) is 4.98 Å². The van der Waals surface area contributed by atoms with Gasteiger partial charge in [-0.1, -0.05) is 11.6 Å². The van der Waals surface area contributed by atoms with Crippen LogP contribution in [0.15, 0.2) is 29.5 Å². The van der Waals surface area contributed by atoms with E-state index in [1.165, 1.54) is 7.05 Å². The highest BCUT2D eigenvalue weighted by Gasteiger charge is 2.32. The van der Waals surface area contributed by atoms with Crippen LogP contribution in [0.2, 0.25) is 5.15 Å². The van der Waals surface area contributed by atoms with Crippen molar-refractivity contribution in [2.45, 2.75) is 38.1 Å². The largest absolute Gasteiger partial charge is 0.431 e. The third-order valence-electron chi connectivity index (χ3n) is 4.27. The Hall–Kier alpha value is -2.16. The predicted molar refractivity (Wildman–Crippen MR) is 87.5 cm³/mol. The van der Waals surface area contributed by atoms with Crippen LogP contribution in [-0.2, 0) is 19.6 Å². The molecule has 3 rings (SSSR count). The van der Waals surface area contributed by atoms with E-state index >= 15 is 0 Å². The Morgan fingerprint density at radius 2 is 2.07 bits per heavy atom. The van der Waals surface area contributed by atoms with Gasteiger partial charge in [0.1, 0.15) is 5.15 Å². The Morgan fingerprint density at radius 1 is 1.33 bits per heavy atom. The van der Waals surface area contributed by atoms with E-state index in [1.807, 2.05) is 0 Å². The van der Waals surface area contributed by atoms with Crippen LogP contribution in [-0.4, -0.2) is 16.2 Å². The number of rotatable bonds is 3. The van der Waals surface area contributed by atoms with E-state index < -0.39 is 30.1 Å². The molecule has 1 aliphatic rings. The van der Waals surface area contributed by atoms with Gasteiger partial charge < -0.3 is 9.30 Å². The SMILES string of the molecule is Cn1cc(C(F)(F)F)cc(OC(F)F)c1=NC1CCCc2cc(Cl)ncc21. The number of aryl methyl sites for hydroxylation is 2. The molecule has 0 amide bonds. The van der Waals surface area contributed by atoms with Crippen molar-refractivity contribution in [2.24, 2.45) is 12.0 Å². The number of ether oxygens (including phenoxy) is 1. The lowest BCUT2D eigenvalue weighted by atomic mass is 9.89. The molecule has 0 fully saturated rings. The average molecular weight is 408 g/mol. The summed E-state index contributed by atoms with van der Waals surface area (Å²) in [5.41, 5.74) is 0.502. The smallest absolute Gasteiger partial charge is 0.417 e. The van der Waals surface area contributed by atoms with Crippen LogP contribution in [0, 0.1) is 0 Å². The number of pyridine rings is 2. The van der Waals surface area contributed by atoms with Gasteiger partial charge in [0.15, 0.2) is 11.2 Å². The highest BCUT2D eigenvalue weighted by Crippen LogP contribution is 2.34. The molecule has 2 aromatic heterocycles. The van der Waals surface area contributed by atoms with Gasteiger partial charge in [-0.15, -0.1) is 0 Å². The normalized spacial score (nSPS) is 17.9. The lowest BCUT2D eigenvalue weighted by molar-refractivity contribution is -0.138. The minimum Gasteiger partial charge on any atom is -0.431 e. The lowest BCUT2D eigenvalue weighted by Gasteiger charge is -2.22. The van der Waals surface area contributed by atoms with Crippen LogP contribution in [0.4, 0.5) is 22.0 Å². The molecule has 0 bridgehead atoms. The van der Waals surface area contributed by atoms with Crippen LogP contribution in [0.5, 0.6) is 5.75 Å². The molecule has 0 radical (unpaired) electrons. The fourth-order valence-electron chi connectivity index (χ4n) is 3.10. The number of hydrogen-bond acceptors (Lipinski definition) is 3. The second-order valence-electron chi connectivity index (χ2n) is 6.15. The highest BCUT2D eigenvalue weighted by atomic mass is 35.5. The Kier molecular flexibility index (Phi) is 5.41. The molecule has 10 heteroatoms. The van der Waals surface area contributed by atoms with Crippen LogP contribution in [0.25, 0.3) is 0 Å². The number of aromatic nitrogens is 2. The van der Waals surface area contributed by atoms with Crippen molar-refractivity contribution in [1.82, 2.24) is 9.55 Å². The van der Waals surface area contributed by atoms with E-state index in [1.54, 1.807) is 12.3 Å². The Bertz CT molecular complexity index is 910. The summed E-state index contributed by atoms with van der Waals surface area (Å²) in [4.78, 5) is 8.44. The summed E-state index contributed by atoms with van der Waals surface area (Å²) in [6.45, 7) is -3.28. The van der Waals surface area contributed by atoms with E-state index in [-0.39, 0.29) is 5.49 Å². The molecule has 27 heavy (non-hydrogen) atoms. The summed E-state index contributed by atoms with van der Waals surface area (Å²) in [5, 5.41) is 0.330. The van der Waals surface area contributed by atoms with Gasteiger partial charge in [-0.05, 0) is 42.5 Å². The molecule has 0 spiro atoms. The van der Waals surface area contributed by atoms with E-state index in [2.05, 4.69) is 14.7 Å². The van der Waals surface area contributed by atoms with Crippen LogP contribution >= 0.6 is 11.6 Å². The van der Waals surface area contributed by atoms with Crippen LogP contribution in [0.3, 0.4) is 0 Å². The highest BCUT2D eigenvalue weighted by molar-refractivity contribution is 6.29. The van der Waals surface area contributed by atoms with Gasteiger partial charge in [0, 0.05) is 19.4 Å². The molecule has 4 nitrogen and oxygen atoms in total. The monoisotopic (exact) mass is 407 g/mol. The van der Waals surface area contributed by atoms with Crippen molar-refractivity contribution in [3.05, 3.63) is 51.9 Å². The summed E-state index contributed by atoms with van der Waals surface area (Å²) in [6, 6.07) is 1.80. The molecule has 0 saturated heterocycles. The van der Waals surface area contributed by atoms with Gasteiger partial charge in [0.25, 0.3) is 0 Å². The van der Waals surface area contributed by atoms with Crippen LogP contribution < -0.4 is 10.2 Å². The van der Waals surface area contributed by atoms with Crippen molar-refractivity contribution < 1.29 is 26.7 Å². The van der Waals surface area contributed by atoms with Gasteiger partial charge in [0.05, 0.1) is 11.6 Å². The van der Waals surface area contributed by atoms with Crippen molar-refractivity contribution >= 4 is 11.6 Å². The van der Waals surface area contributed by atoms with Gasteiger partial charge in [0.2, 0.25) is 0 Å². The third-order valence-corrected chi connectivity index (χ3v) is 4.48. The summed E-state index contributed by atoms with van der Waals surface area (Å²) >= 11 is 5.90. The first-order valence-electron chi connectivity index (χ1n) is 8.06. The minimum absolute atomic E-state index is 0.101. The van der Waals surface area contributed by atoms with E-state index in [0.717, 1.165) is 34.7 Å². The van der Waals surface area contributed by atoms with Crippen molar-refractivity contribution in [3.8, 4) is 5.75 Å². The molecule has 2 aromatic rings. The standard InChI is InChI=1S/C17H15ClF5N3O/c1-26-8-10(17(21,22)23)6-13(27-16(19)20)15(26)25-12-4-2-3-9-5-14(18)24-7-11(9)12/h5-8,12,16H,2-4H2,1H3. The first-order valence-corrected chi connectivity index (χ1v) is 8.44. The van der Waals surface area contributed by atoms with Gasteiger partial charge in [-0.2, -0.15) is 22.0 Å². The Morgan fingerprint density at radius 3 is 2.74 bits per heavy atom. The quantitative estimate of drug-likeness (QED) is 0.548. The molecule has 0 aromatic carbocycles. The fourth-order valence-corrected chi connectivity index (χ4v) is 3.28. The molecule has 0 N–H and O–H groups in total. The van der Waals surface area contributed by atoms with E-state index in [0.29, 0.717) is 17.6 Å². The third kappa shape index (κ3) is 4.40. The summed E-state index contributed by atoms with van der Waals surface area (Å²) in [5.74, 6) is -0.628. The Labute approximate surface area is 156 Å². The zero-order chi connectivity index (χ0) is 19.8. The molecule has 0 saturated carbocycles. The summed E-state index contributed by atoms with van der Waals surface area (Å²) in [6.07, 6.45) is -0.205. The van der Waals surface area contributed by atoms with Crippen molar-refractivity contribution in [3.63, 3.8) is 0 Å². The number of fused-ring (bicyclic) bond motifs is 1. The number of hydrogen-bond donors (Lipinski definition) is 0.